The molecule has 0 unspecified atom stereocenters. The van der Waals surface area contributed by atoms with E-state index in [1.54, 1.807) is 19.2 Å². The number of pyridine rings is 1. The lowest BCUT2D eigenvalue weighted by atomic mass is 10.1. The Hall–Kier alpha value is -2.24. The molecular weight excluding hydrogens is 293 g/mol. The summed E-state index contributed by atoms with van der Waals surface area (Å²) < 4.78 is 43.4. The molecule has 22 heavy (non-hydrogen) atoms. The van der Waals surface area contributed by atoms with E-state index in [-0.39, 0.29) is 6.10 Å². The normalized spacial score (nSPS) is 11.6. The van der Waals surface area contributed by atoms with Crippen molar-refractivity contribution in [3.63, 3.8) is 0 Å². The first-order valence-corrected chi connectivity index (χ1v) is 6.83. The van der Waals surface area contributed by atoms with Gasteiger partial charge in [0.15, 0.2) is 0 Å². The van der Waals surface area contributed by atoms with Crippen LogP contribution in [0.2, 0.25) is 0 Å². The van der Waals surface area contributed by atoms with Crippen LogP contribution in [-0.2, 0) is 6.18 Å². The average molecular weight is 310 g/mol. The summed E-state index contributed by atoms with van der Waals surface area (Å²) >= 11 is 0. The van der Waals surface area contributed by atoms with Crippen LogP contribution < -0.4 is 10.1 Å². The van der Waals surface area contributed by atoms with Crippen LogP contribution in [0.5, 0.6) is 5.88 Å². The number of hydrogen-bond acceptors (Lipinski definition) is 3. The van der Waals surface area contributed by atoms with Crippen LogP contribution in [0.15, 0.2) is 36.4 Å². The van der Waals surface area contributed by atoms with Crippen molar-refractivity contribution in [2.24, 2.45) is 0 Å². The highest BCUT2D eigenvalue weighted by molar-refractivity contribution is 5.65. The number of anilines is 1. The Bertz CT molecular complexity index is 637. The molecule has 1 N–H and O–H groups in total. The third kappa shape index (κ3) is 3.90. The van der Waals surface area contributed by atoms with E-state index in [1.807, 2.05) is 13.8 Å². The number of halogens is 3. The van der Waals surface area contributed by atoms with Crippen LogP contribution >= 0.6 is 0 Å². The first-order valence-electron chi connectivity index (χ1n) is 6.83. The summed E-state index contributed by atoms with van der Waals surface area (Å²) in [5.41, 5.74) is 1.25. The highest BCUT2D eigenvalue weighted by Gasteiger charge is 2.30. The van der Waals surface area contributed by atoms with Crippen molar-refractivity contribution >= 4 is 5.69 Å². The first-order chi connectivity index (χ1) is 10.3. The van der Waals surface area contributed by atoms with Gasteiger partial charge in [-0.2, -0.15) is 13.2 Å². The molecule has 0 aliphatic carbocycles. The van der Waals surface area contributed by atoms with E-state index in [1.165, 1.54) is 12.1 Å². The van der Waals surface area contributed by atoms with E-state index in [4.69, 9.17) is 4.74 Å². The molecule has 0 bridgehead atoms. The maximum absolute atomic E-state index is 12.6. The number of nitrogens with one attached hydrogen (secondary N) is 1. The molecule has 0 saturated carbocycles. The standard InChI is InChI=1S/C16H17F3N2O/c1-10(2)22-15-9-13(20-3)8-14(21-15)11-4-6-12(7-5-11)16(17,18)19/h4-10H,1-3H3,(H,20,21). The SMILES string of the molecule is CNc1cc(OC(C)C)nc(-c2ccc(C(F)(F)F)cc2)c1. The van der Waals surface area contributed by atoms with Crippen LogP contribution in [0.3, 0.4) is 0 Å². The number of nitrogens with zero attached hydrogens (tertiary/aromatic N) is 1. The zero-order valence-electron chi connectivity index (χ0n) is 12.5. The lowest BCUT2D eigenvalue weighted by Gasteiger charge is -2.13. The van der Waals surface area contributed by atoms with E-state index < -0.39 is 11.7 Å². The van der Waals surface area contributed by atoms with Crippen LogP contribution in [0, 0.1) is 0 Å². The van der Waals surface area contributed by atoms with Crippen molar-refractivity contribution in [3.05, 3.63) is 42.0 Å². The molecule has 1 aromatic carbocycles. The molecule has 118 valence electrons. The summed E-state index contributed by atoms with van der Waals surface area (Å²) in [6.45, 7) is 3.76. The lowest BCUT2D eigenvalue weighted by Crippen LogP contribution is -2.08. The molecule has 3 nitrogen and oxygen atoms in total. The van der Waals surface area contributed by atoms with E-state index in [9.17, 15) is 13.2 Å². The molecule has 0 radical (unpaired) electrons. The summed E-state index contributed by atoms with van der Waals surface area (Å²) in [6, 6.07) is 8.41. The third-order valence-corrected chi connectivity index (χ3v) is 2.95. The second-order valence-corrected chi connectivity index (χ2v) is 5.07. The van der Waals surface area contributed by atoms with Crippen molar-refractivity contribution < 1.29 is 17.9 Å². The second-order valence-electron chi connectivity index (χ2n) is 5.07. The van der Waals surface area contributed by atoms with Gasteiger partial charge in [0.05, 0.1) is 17.4 Å². The predicted octanol–water partition coefficient (Wildman–Crippen LogP) is 4.60. The third-order valence-electron chi connectivity index (χ3n) is 2.95. The summed E-state index contributed by atoms with van der Waals surface area (Å²) in [4.78, 5) is 4.34. The van der Waals surface area contributed by atoms with Crippen molar-refractivity contribution in [3.8, 4) is 17.1 Å². The Balaban J connectivity index is 2.38. The molecule has 0 aliphatic rings. The molecule has 6 heteroatoms. The number of aromatic nitrogens is 1. The molecule has 0 atom stereocenters. The number of rotatable bonds is 4. The Morgan fingerprint density at radius 1 is 1.09 bits per heavy atom. The smallest absolute Gasteiger partial charge is 0.416 e. The van der Waals surface area contributed by atoms with Gasteiger partial charge in [-0.05, 0) is 32.0 Å². The monoisotopic (exact) mass is 310 g/mol. The largest absolute Gasteiger partial charge is 0.475 e. The van der Waals surface area contributed by atoms with Crippen molar-refractivity contribution in [2.45, 2.75) is 26.1 Å². The summed E-state index contributed by atoms with van der Waals surface area (Å²) in [5, 5.41) is 2.99. The van der Waals surface area contributed by atoms with E-state index in [0.717, 1.165) is 17.8 Å². The summed E-state index contributed by atoms with van der Waals surface area (Å²) in [6.07, 6.45) is -4.38. The zero-order valence-corrected chi connectivity index (χ0v) is 12.5. The van der Waals surface area contributed by atoms with Gasteiger partial charge in [0.25, 0.3) is 0 Å². The highest BCUT2D eigenvalue weighted by Crippen LogP contribution is 2.31. The van der Waals surface area contributed by atoms with Crippen molar-refractivity contribution in [1.82, 2.24) is 4.98 Å². The predicted molar refractivity (Wildman–Crippen MR) is 80.0 cm³/mol. The topological polar surface area (TPSA) is 34.1 Å². The Morgan fingerprint density at radius 3 is 2.23 bits per heavy atom. The van der Waals surface area contributed by atoms with Gasteiger partial charge in [-0.3, -0.25) is 0 Å². The molecule has 0 amide bonds. The van der Waals surface area contributed by atoms with Crippen molar-refractivity contribution in [1.29, 1.82) is 0 Å². The minimum atomic E-state index is -4.34. The van der Waals surface area contributed by atoms with Gasteiger partial charge in [-0.15, -0.1) is 0 Å². The van der Waals surface area contributed by atoms with Crippen LogP contribution in [0.1, 0.15) is 19.4 Å². The molecule has 0 aliphatic heterocycles. The minimum Gasteiger partial charge on any atom is -0.475 e. The second kappa shape index (κ2) is 6.25. The average Bonchev–Trinajstić information content (AvgIpc) is 2.45. The zero-order chi connectivity index (χ0) is 16.3. The number of ether oxygens (including phenoxy) is 1. The summed E-state index contributed by atoms with van der Waals surface area (Å²) in [7, 11) is 1.75. The molecule has 2 rings (SSSR count). The number of benzene rings is 1. The fourth-order valence-electron chi connectivity index (χ4n) is 1.93. The molecule has 0 fully saturated rings. The van der Waals surface area contributed by atoms with Gasteiger partial charge in [0.1, 0.15) is 0 Å². The fourth-order valence-corrected chi connectivity index (χ4v) is 1.93. The molecule has 1 heterocycles. The van der Waals surface area contributed by atoms with Crippen molar-refractivity contribution in [2.75, 3.05) is 12.4 Å². The van der Waals surface area contributed by atoms with E-state index in [0.29, 0.717) is 17.1 Å². The van der Waals surface area contributed by atoms with Gasteiger partial charge in [0.2, 0.25) is 5.88 Å². The lowest BCUT2D eigenvalue weighted by molar-refractivity contribution is -0.137. The molecule has 0 saturated heterocycles. The minimum absolute atomic E-state index is 0.0416. The van der Waals surface area contributed by atoms with Crippen LogP contribution in [0.4, 0.5) is 18.9 Å². The fraction of sp³-hybridized carbons (Fsp3) is 0.312. The van der Waals surface area contributed by atoms with Crippen LogP contribution in [0.25, 0.3) is 11.3 Å². The molecule has 0 spiro atoms. The van der Waals surface area contributed by atoms with E-state index in [2.05, 4.69) is 10.3 Å². The van der Waals surface area contributed by atoms with Crippen LogP contribution in [-0.4, -0.2) is 18.1 Å². The van der Waals surface area contributed by atoms with Gasteiger partial charge < -0.3 is 10.1 Å². The molecule has 1 aromatic heterocycles. The summed E-state index contributed by atoms with van der Waals surface area (Å²) in [5.74, 6) is 0.428. The maximum Gasteiger partial charge on any atom is 0.416 e. The van der Waals surface area contributed by atoms with E-state index >= 15 is 0 Å². The first kappa shape index (κ1) is 16.1. The quantitative estimate of drug-likeness (QED) is 0.896. The van der Waals surface area contributed by atoms with Gasteiger partial charge in [-0.25, -0.2) is 4.98 Å². The molecular formula is C16H17F3N2O. The van der Waals surface area contributed by atoms with Gasteiger partial charge in [-0.1, -0.05) is 12.1 Å². The Labute approximate surface area is 127 Å². The Kier molecular flexibility index (Phi) is 4.59. The molecule has 2 aromatic rings. The maximum atomic E-state index is 12.6. The Morgan fingerprint density at radius 2 is 1.73 bits per heavy atom. The number of alkyl halides is 3. The number of hydrogen-bond donors (Lipinski definition) is 1. The van der Waals surface area contributed by atoms with Gasteiger partial charge in [0, 0.05) is 24.4 Å². The van der Waals surface area contributed by atoms with Gasteiger partial charge >= 0.3 is 6.18 Å². The highest BCUT2D eigenvalue weighted by atomic mass is 19.4.